The highest BCUT2D eigenvalue weighted by atomic mass is 16.5. The van der Waals surface area contributed by atoms with E-state index in [2.05, 4.69) is 6.92 Å². The summed E-state index contributed by atoms with van der Waals surface area (Å²) in [6, 6.07) is 0. The predicted octanol–water partition coefficient (Wildman–Crippen LogP) is 3.79. The molecule has 0 heterocycles. The molecule has 0 N–H and O–H groups in total. The van der Waals surface area contributed by atoms with Gasteiger partial charge in [0, 0.05) is 6.92 Å². The molecule has 2 heteroatoms. The van der Waals surface area contributed by atoms with Crippen molar-refractivity contribution in [2.24, 2.45) is 23.7 Å². The minimum atomic E-state index is -0.125. The van der Waals surface area contributed by atoms with Gasteiger partial charge in [-0.25, -0.2) is 0 Å². The molecule has 0 aromatic carbocycles. The molecule has 17 heavy (non-hydrogen) atoms. The van der Waals surface area contributed by atoms with Gasteiger partial charge >= 0.3 is 5.97 Å². The number of ether oxygens (including phenoxy) is 1. The molecule has 2 aliphatic carbocycles. The van der Waals surface area contributed by atoms with Gasteiger partial charge in [-0.05, 0) is 42.9 Å². The quantitative estimate of drug-likeness (QED) is 0.475. The maximum absolute atomic E-state index is 10.7. The van der Waals surface area contributed by atoms with Crippen molar-refractivity contribution in [1.82, 2.24) is 0 Å². The van der Waals surface area contributed by atoms with E-state index < -0.39 is 0 Å². The van der Waals surface area contributed by atoms with Crippen molar-refractivity contribution >= 4 is 5.97 Å². The monoisotopic (exact) mass is 238 g/mol. The molecule has 0 aromatic rings. The molecule has 2 fully saturated rings. The van der Waals surface area contributed by atoms with Crippen LogP contribution in [0.3, 0.4) is 0 Å². The summed E-state index contributed by atoms with van der Waals surface area (Å²) >= 11 is 0. The number of unbranched alkanes of at least 4 members (excludes halogenated alkanes) is 2. The topological polar surface area (TPSA) is 26.3 Å². The van der Waals surface area contributed by atoms with Crippen LogP contribution in [-0.2, 0) is 9.53 Å². The van der Waals surface area contributed by atoms with Gasteiger partial charge in [0.15, 0.2) is 0 Å². The van der Waals surface area contributed by atoms with E-state index in [-0.39, 0.29) is 5.97 Å². The Morgan fingerprint density at radius 1 is 1.12 bits per heavy atom. The van der Waals surface area contributed by atoms with Crippen molar-refractivity contribution < 1.29 is 9.53 Å². The Labute approximate surface area is 105 Å². The van der Waals surface area contributed by atoms with Crippen molar-refractivity contribution in [2.45, 2.75) is 58.8 Å². The Hall–Kier alpha value is -0.530. The van der Waals surface area contributed by atoms with E-state index >= 15 is 0 Å². The molecule has 98 valence electrons. The molecule has 0 bridgehead atoms. The minimum absolute atomic E-state index is 0.125. The summed E-state index contributed by atoms with van der Waals surface area (Å²) in [4.78, 5) is 10.7. The molecule has 0 aliphatic heterocycles. The molecule has 0 spiro atoms. The second-order valence-electron chi connectivity index (χ2n) is 6.05. The van der Waals surface area contributed by atoms with Crippen molar-refractivity contribution in [3.8, 4) is 0 Å². The van der Waals surface area contributed by atoms with E-state index in [1.54, 1.807) is 0 Å². The van der Waals surface area contributed by atoms with Gasteiger partial charge in [0.25, 0.3) is 0 Å². The van der Waals surface area contributed by atoms with Crippen molar-refractivity contribution in [3.63, 3.8) is 0 Å². The fourth-order valence-corrected chi connectivity index (χ4v) is 3.03. The lowest BCUT2D eigenvalue weighted by Gasteiger charge is -2.01. The summed E-state index contributed by atoms with van der Waals surface area (Å²) in [5.41, 5.74) is 0. The molecule has 2 aliphatic rings. The summed E-state index contributed by atoms with van der Waals surface area (Å²) < 4.78 is 5.07. The zero-order chi connectivity index (χ0) is 12.3. The third-order valence-electron chi connectivity index (χ3n) is 4.42. The van der Waals surface area contributed by atoms with Crippen molar-refractivity contribution in [2.75, 3.05) is 6.61 Å². The molecule has 0 aromatic heterocycles. The second-order valence-corrected chi connectivity index (χ2v) is 6.05. The summed E-state index contributed by atoms with van der Waals surface area (Å²) in [7, 11) is 0. The van der Waals surface area contributed by atoms with E-state index in [9.17, 15) is 4.79 Å². The lowest BCUT2D eigenvalue weighted by molar-refractivity contribution is -0.141. The first kappa shape index (κ1) is 12.9. The van der Waals surface area contributed by atoms with Crippen LogP contribution in [0.25, 0.3) is 0 Å². The van der Waals surface area contributed by atoms with Gasteiger partial charge in [-0.1, -0.05) is 32.6 Å². The van der Waals surface area contributed by atoms with E-state index in [4.69, 9.17) is 4.74 Å². The number of carbonyl (C=O) groups is 1. The van der Waals surface area contributed by atoms with Crippen LogP contribution in [0.1, 0.15) is 58.8 Å². The Morgan fingerprint density at radius 3 is 2.53 bits per heavy atom. The van der Waals surface area contributed by atoms with E-state index in [0.29, 0.717) is 12.5 Å². The highest BCUT2D eigenvalue weighted by Gasteiger charge is 2.45. The molecule has 0 saturated heterocycles. The summed E-state index contributed by atoms with van der Waals surface area (Å²) in [6.07, 6.45) is 9.81. The van der Waals surface area contributed by atoms with E-state index in [1.165, 1.54) is 51.9 Å². The van der Waals surface area contributed by atoms with Crippen LogP contribution in [0.5, 0.6) is 0 Å². The third kappa shape index (κ3) is 4.33. The first-order valence-electron chi connectivity index (χ1n) is 7.34. The Balaban J connectivity index is 1.49. The van der Waals surface area contributed by atoms with Gasteiger partial charge in [-0.2, -0.15) is 0 Å². The van der Waals surface area contributed by atoms with Crippen LogP contribution in [0.2, 0.25) is 0 Å². The van der Waals surface area contributed by atoms with Crippen LogP contribution < -0.4 is 0 Å². The molecule has 3 unspecified atom stereocenters. The van der Waals surface area contributed by atoms with Crippen LogP contribution >= 0.6 is 0 Å². The van der Waals surface area contributed by atoms with Gasteiger partial charge in [-0.15, -0.1) is 0 Å². The zero-order valence-electron chi connectivity index (χ0n) is 11.3. The zero-order valence-corrected chi connectivity index (χ0v) is 11.3. The lowest BCUT2D eigenvalue weighted by Crippen LogP contribution is -2.03. The summed E-state index contributed by atoms with van der Waals surface area (Å²) in [6.45, 7) is 4.45. The van der Waals surface area contributed by atoms with Crippen LogP contribution in [-0.4, -0.2) is 12.6 Å². The molecule has 0 amide bonds. The smallest absolute Gasteiger partial charge is 0.302 e. The maximum atomic E-state index is 10.7. The van der Waals surface area contributed by atoms with Gasteiger partial charge in [0.1, 0.15) is 0 Å². The second kappa shape index (κ2) is 5.88. The number of carbonyl (C=O) groups excluding carboxylic acids is 1. The fraction of sp³-hybridized carbons (Fsp3) is 0.933. The van der Waals surface area contributed by atoms with Crippen LogP contribution in [0, 0.1) is 23.7 Å². The normalized spacial score (nSPS) is 34.5. The van der Waals surface area contributed by atoms with Gasteiger partial charge < -0.3 is 4.74 Å². The maximum Gasteiger partial charge on any atom is 0.302 e. The van der Waals surface area contributed by atoms with Gasteiger partial charge in [0.2, 0.25) is 0 Å². The van der Waals surface area contributed by atoms with E-state index in [0.717, 1.165) is 17.8 Å². The van der Waals surface area contributed by atoms with E-state index in [1.807, 2.05) is 0 Å². The van der Waals surface area contributed by atoms with Crippen molar-refractivity contribution in [1.29, 1.82) is 0 Å². The Kier molecular flexibility index (Phi) is 4.47. The summed E-state index contributed by atoms with van der Waals surface area (Å²) in [5.74, 6) is 3.49. The number of rotatable bonds is 8. The average molecular weight is 238 g/mol. The largest absolute Gasteiger partial charge is 0.466 e. The third-order valence-corrected chi connectivity index (χ3v) is 4.42. The highest BCUT2D eigenvalue weighted by molar-refractivity contribution is 5.65. The Bertz CT molecular complexity index is 262. The molecular weight excluding hydrogens is 212 g/mol. The van der Waals surface area contributed by atoms with Crippen LogP contribution in [0.4, 0.5) is 0 Å². The van der Waals surface area contributed by atoms with Gasteiger partial charge in [0.05, 0.1) is 6.61 Å². The first-order valence-corrected chi connectivity index (χ1v) is 7.34. The lowest BCUT2D eigenvalue weighted by atomic mass is 10.1. The predicted molar refractivity (Wildman–Crippen MR) is 68.6 cm³/mol. The number of hydrogen-bond acceptors (Lipinski definition) is 2. The minimum Gasteiger partial charge on any atom is -0.466 e. The van der Waals surface area contributed by atoms with Crippen molar-refractivity contribution in [3.05, 3.63) is 0 Å². The standard InChI is InChI=1S/C15H26O2/c1-3-4-5-6-12-7-13(12)8-14-9-15(14)10-17-11(2)16/h12-15H,3-10H2,1-2H3/t12?,13-,14?,15?/m0/s1. The SMILES string of the molecule is CCCCCC1C[C@H]1CC1CC1COC(C)=O. The number of esters is 1. The van der Waals surface area contributed by atoms with Crippen LogP contribution in [0.15, 0.2) is 0 Å². The molecule has 2 nitrogen and oxygen atoms in total. The molecule has 2 saturated carbocycles. The average Bonchev–Trinajstić information content (AvgIpc) is 3.17. The molecular formula is C15H26O2. The first-order chi connectivity index (χ1) is 8.20. The number of hydrogen-bond donors (Lipinski definition) is 0. The molecule has 4 atom stereocenters. The highest BCUT2D eigenvalue weighted by Crippen LogP contribution is 2.53. The summed E-state index contributed by atoms with van der Waals surface area (Å²) in [5, 5.41) is 0. The molecule has 0 radical (unpaired) electrons. The molecule has 2 rings (SSSR count). The fourth-order valence-electron chi connectivity index (χ4n) is 3.03. The Morgan fingerprint density at radius 2 is 1.82 bits per heavy atom. The van der Waals surface area contributed by atoms with Gasteiger partial charge in [-0.3, -0.25) is 4.79 Å².